The van der Waals surface area contributed by atoms with E-state index < -0.39 is 0 Å². The molecule has 0 unspecified atom stereocenters. The van der Waals surface area contributed by atoms with Gasteiger partial charge in [0.15, 0.2) is 5.43 Å². The van der Waals surface area contributed by atoms with Gasteiger partial charge < -0.3 is 4.57 Å². The number of hydrogen-bond donors (Lipinski definition) is 0. The lowest BCUT2D eigenvalue weighted by Crippen LogP contribution is -2.06. The maximum absolute atomic E-state index is 11.6. The molecule has 2 heteroatoms. The summed E-state index contributed by atoms with van der Waals surface area (Å²) in [5.41, 5.74) is 3.00. The number of para-hydroxylation sites is 1. The van der Waals surface area contributed by atoms with Crippen LogP contribution in [-0.4, -0.2) is 4.57 Å². The van der Waals surface area contributed by atoms with Crippen LogP contribution in [0.1, 0.15) is 0 Å². The molecular weight excluding hydrogens is 234 g/mol. The van der Waals surface area contributed by atoms with Crippen LogP contribution in [0, 0.1) is 0 Å². The second-order valence-electron chi connectivity index (χ2n) is 4.32. The maximum Gasteiger partial charge on any atom is 0.182 e. The molecule has 0 aliphatic heterocycles. The lowest BCUT2D eigenvalue weighted by Gasteiger charge is -2.13. The van der Waals surface area contributed by atoms with Crippen molar-refractivity contribution in [3.63, 3.8) is 0 Å². The van der Waals surface area contributed by atoms with Crippen molar-refractivity contribution >= 4 is 0 Å². The highest BCUT2D eigenvalue weighted by Crippen LogP contribution is 2.20. The van der Waals surface area contributed by atoms with Crippen LogP contribution in [-0.2, 0) is 0 Å². The molecule has 2 aromatic carbocycles. The van der Waals surface area contributed by atoms with Gasteiger partial charge in [-0.1, -0.05) is 48.5 Å². The Morgan fingerprint density at radius 2 is 1.37 bits per heavy atom. The molecule has 3 aromatic rings. The molecule has 0 saturated carbocycles. The van der Waals surface area contributed by atoms with E-state index in [1.807, 2.05) is 71.4 Å². The van der Waals surface area contributed by atoms with Gasteiger partial charge in [0.2, 0.25) is 0 Å². The van der Waals surface area contributed by atoms with E-state index >= 15 is 0 Å². The first kappa shape index (κ1) is 11.5. The van der Waals surface area contributed by atoms with Crippen molar-refractivity contribution in [2.45, 2.75) is 0 Å². The maximum atomic E-state index is 11.6. The van der Waals surface area contributed by atoms with E-state index in [0.29, 0.717) is 0 Å². The molecule has 19 heavy (non-hydrogen) atoms. The highest BCUT2D eigenvalue weighted by atomic mass is 16.1. The van der Waals surface area contributed by atoms with Crippen molar-refractivity contribution in [2.75, 3.05) is 0 Å². The zero-order valence-corrected chi connectivity index (χ0v) is 10.4. The number of benzene rings is 2. The second-order valence-corrected chi connectivity index (χ2v) is 4.32. The van der Waals surface area contributed by atoms with Gasteiger partial charge in [-0.15, -0.1) is 0 Å². The van der Waals surface area contributed by atoms with E-state index in [2.05, 4.69) is 0 Å². The van der Waals surface area contributed by atoms with E-state index in [9.17, 15) is 4.79 Å². The molecule has 1 aromatic heterocycles. The van der Waals surface area contributed by atoms with Crippen LogP contribution < -0.4 is 5.43 Å². The topological polar surface area (TPSA) is 22.0 Å². The Morgan fingerprint density at radius 1 is 0.737 bits per heavy atom. The summed E-state index contributed by atoms with van der Waals surface area (Å²) < 4.78 is 2.02. The molecule has 0 atom stereocenters. The third kappa shape index (κ3) is 2.33. The van der Waals surface area contributed by atoms with Gasteiger partial charge in [0.05, 0.1) is 5.69 Å². The van der Waals surface area contributed by atoms with E-state index in [0.717, 1.165) is 16.9 Å². The van der Waals surface area contributed by atoms with Crippen LogP contribution in [0.2, 0.25) is 0 Å². The molecule has 92 valence electrons. The highest BCUT2D eigenvalue weighted by molar-refractivity contribution is 5.62. The Morgan fingerprint density at radius 3 is 2.05 bits per heavy atom. The normalized spacial score (nSPS) is 10.3. The Labute approximate surface area is 111 Å². The molecular formula is C17H13NO. The zero-order valence-electron chi connectivity index (χ0n) is 10.4. The van der Waals surface area contributed by atoms with Gasteiger partial charge in [-0.2, -0.15) is 0 Å². The minimum atomic E-state index is 0.0195. The molecule has 0 aliphatic rings. The molecule has 0 N–H and O–H groups in total. The van der Waals surface area contributed by atoms with E-state index in [1.54, 1.807) is 12.1 Å². The summed E-state index contributed by atoms with van der Waals surface area (Å²) in [6.07, 6.45) is 1.82. The third-order valence-electron chi connectivity index (χ3n) is 3.03. The van der Waals surface area contributed by atoms with E-state index in [-0.39, 0.29) is 5.43 Å². The van der Waals surface area contributed by atoms with Crippen LogP contribution in [0.4, 0.5) is 0 Å². The van der Waals surface area contributed by atoms with Gasteiger partial charge in [0.1, 0.15) is 0 Å². The molecule has 0 amide bonds. The Balaban J connectivity index is 2.24. The predicted molar refractivity (Wildman–Crippen MR) is 77.5 cm³/mol. The first-order chi connectivity index (χ1) is 9.34. The Kier molecular flexibility index (Phi) is 2.99. The first-order valence-corrected chi connectivity index (χ1v) is 6.18. The monoisotopic (exact) mass is 247 g/mol. The lowest BCUT2D eigenvalue weighted by molar-refractivity contribution is 1.05. The fraction of sp³-hybridized carbons (Fsp3) is 0. The summed E-state index contributed by atoms with van der Waals surface area (Å²) in [7, 11) is 0. The molecule has 0 fully saturated rings. The summed E-state index contributed by atoms with van der Waals surface area (Å²) in [5.74, 6) is 0. The quantitative estimate of drug-likeness (QED) is 0.679. The van der Waals surface area contributed by atoms with Gasteiger partial charge in [-0.25, -0.2) is 0 Å². The van der Waals surface area contributed by atoms with Gasteiger partial charge in [0, 0.05) is 24.0 Å². The fourth-order valence-electron chi connectivity index (χ4n) is 2.13. The van der Waals surface area contributed by atoms with Crippen LogP contribution in [0.25, 0.3) is 16.9 Å². The van der Waals surface area contributed by atoms with Crippen molar-refractivity contribution in [1.29, 1.82) is 0 Å². The molecule has 3 rings (SSSR count). The smallest absolute Gasteiger partial charge is 0.182 e. The van der Waals surface area contributed by atoms with E-state index in [1.165, 1.54) is 0 Å². The molecule has 0 saturated heterocycles. The van der Waals surface area contributed by atoms with Crippen molar-refractivity contribution in [3.05, 3.63) is 89.2 Å². The van der Waals surface area contributed by atoms with Crippen LogP contribution in [0.3, 0.4) is 0 Å². The molecule has 1 heterocycles. The van der Waals surface area contributed by atoms with Crippen molar-refractivity contribution in [3.8, 4) is 16.9 Å². The first-order valence-electron chi connectivity index (χ1n) is 6.18. The Bertz CT molecular complexity index is 730. The molecule has 0 aliphatic carbocycles. The fourth-order valence-corrected chi connectivity index (χ4v) is 2.13. The molecule has 0 spiro atoms. The SMILES string of the molecule is O=c1ccn(-c2ccccc2)c(-c2ccccc2)c1. The average molecular weight is 247 g/mol. The van der Waals surface area contributed by atoms with Crippen LogP contribution >= 0.6 is 0 Å². The van der Waals surface area contributed by atoms with Crippen molar-refractivity contribution < 1.29 is 0 Å². The third-order valence-corrected chi connectivity index (χ3v) is 3.03. The summed E-state index contributed by atoms with van der Waals surface area (Å²) in [4.78, 5) is 11.6. The largest absolute Gasteiger partial charge is 0.316 e. The van der Waals surface area contributed by atoms with Gasteiger partial charge >= 0.3 is 0 Å². The highest BCUT2D eigenvalue weighted by Gasteiger charge is 2.05. The summed E-state index contributed by atoms with van der Waals surface area (Å²) in [6, 6.07) is 23.2. The summed E-state index contributed by atoms with van der Waals surface area (Å²) in [5, 5.41) is 0. The van der Waals surface area contributed by atoms with Gasteiger partial charge in [-0.05, 0) is 17.7 Å². The van der Waals surface area contributed by atoms with E-state index in [4.69, 9.17) is 0 Å². The van der Waals surface area contributed by atoms with Crippen molar-refractivity contribution in [1.82, 2.24) is 4.57 Å². The minimum absolute atomic E-state index is 0.0195. The van der Waals surface area contributed by atoms with Crippen LogP contribution in [0.5, 0.6) is 0 Å². The zero-order chi connectivity index (χ0) is 13.1. The average Bonchev–Trinajstić information content (AvgIpc) is 2.49. The summed E-state index contributed by atoms with van der Waals surface area (Å²) in [6.45, 7) is 0. The Hall–Kier alpha value is -2.61. The van der Waals surface area contributed by atoms with Crippen LogP contribution in [0.15, 0.2) is 83.8 Å². The number of hydrogen-bond acceptors (Lipinski definition) is 1. The number of aromatic nitrogens is 1. The minimum Gasteiger partial charge on any atom is -0.316 e. The van der Waals surface area contributed by atoms with Crippen molar-refractivity contribution in [2.24, 2.45) is 0 Å². The number of pyridine rings is 1. The van der Waals surface area contributed by atoms with Gasteiger partial charge in [0.25, 0.3) is 0 Å². The molecule has 0 radical (unpaired) electrons. The standard InChI is InChI=1S/C17H13NO/c19-16-11-12-18(15-9-5-2-6-10-15)17(13-16)14-7-3-1-4-8-14/h1-13H. The number of nitrogens with zero attached hydrogens (tertiary/aromatic N) is 1. The second kappa shape index (κ2) is 4.94. The lowest BCUT2D eigenvalue weighted by atomic mass is 10.1. The summed E-state index contributed by atoms with van der Waals surface area (Å²) >= 11 is 0. The van der Waals surface area contributed by atoms with Gasteiger partial charge in [-0.3, -0.25) is 4.79 Å². The number of rotatable bonds is 2. The molecule has 2 nitrogen and oxygen atoms in total. The molecule has 0 bridgehead atoms. The predicted octanol–water partition coefficient (Wildman–Crippen LogP) is 3.50.